The molecule has 3 unspecified atom stereocenters. The lowest BCUT2D eigenvalue weighted by atomic mass is 9.93. The van der Waals surface area contributed by atoms with E-state index in [-0.39, 0.29) is 25.2 Å². The minimum Gasteiger partial charge on any atom is -0.464 e. The van der Waals surface area contributed by atoms with Crippen LogP contribution in [-0.2, 0) is 33.4 Å². The summed E-state index contributed by atoms with van der Waals surface area (Å²) >= 11 is 0. The molecule has 1 aliphatic rings. The first-order chi connectivity index (χ1) is 10.7. The van der Waals surface area contributed by atoms with Crippen LogP contribution in [0, 0.1) is 0 Å². The minimum absolute atomic E-state index is 0.0538. The van der Waals surface area contributed by atoms with Gasteiger partial charge in [-0.05, 0) is 12.8 Å². The van der Waals surface area contributed by atoms with Crippen molar-refractivity contribution in [2.45, 2.75) is 58.7 Å². The van der Waals surface area contributed by atoms with Gasteiger partial charge in [0.1, 0.15) is 25.4 Å². The van der Waals surface area contributed by atoms with Crippen molar-refractivity contribution < 1.29 is 33.4 Å². The van der Waals surface area contributed by atoms with Gasteiger partial charge in [-0.1, -0.05) is 0 Å². The van der Waals surface area contributed by atoms with Crippen LogP contribution in [0.1, 0.15) is 40.5 Å². The molecule has 0 bridgehead atoms. The van der Waals surface area contributed by atoms with Gasteiger partial charge >= 0.3 is 17.9 Å². The lowest BCUT2D eigenvalue weighted by molar-refractivity contribution is -0.169. The van der Waals surface area contributed by atoms with Crippen LogP contribution in [0.25, 0.3) is 0 Å². The fourth-order valence-electron chi connectivity index (χ4n) is 2.75. The molecule has 130 valence electrons. The lowest BCUT2D eigenvalue weighted by Crippen LogP contribution is -2.59. The van der Waals surface area contributed by atoms with E-state index in [4.69, 9.17) is 14.2 Å². The predicted molar refractivity (Wildman–Crippen MR) is 78.2 cm³/mol. The van der Waals surface area contributed by atoms with E-state index in [1.54, 1.807) is 0 Å². The van der Waals surface area contributed by atoms with Gasteiger partial charge in [0.25, 0.3) is 0 Å². The molecule has 0 radical (unpaired) electrons. The van der Waals surface area contributed by atoms with Crippen LogP contribution in [0.4, 0.5) is 0 Å². The highest BCUT2D eigenvalue weighted by Gasteiger charge is 2.41. The van der Waals surface area contributed by atoms with Crippen LogP contribution in [0.3, 0.4) is 0 Å². The van der Waals surface area contributed by atoms with Gasteiger partial charge in [-0.3, -0.25) is 19.2 Å². The Bertz CT molecular complexity index is 476. The van der Waals surface area contributed by atoms with Gasteiger partial charge in [-0.15, -0.1) is 0 Å². The van der Waals surface area contributed by atoms with E-state index >= 15 is 0 Å². The molecule has 1 heterocycles. The molecule has 1 fully saturated rings. The number of nitrogens with zero attached hydrogens (tertiary/aromatic N) is 1. The average Bonchev–Trinajstić information content (AvgIpc) is 2.42. The fourth-order valence-corrected chi connectivity index (χ4v) is 2.75. The summed E-state index contributed by atoms with van der Waals surface area (Å²) in [5.74, 6) is -1.66. The number of hydrogen-bond donors (Lipinski definition) is 0. The van der Waals surface area contributed by atoms with Crippen molar-refractivity contribution in [2.75, 3.05) is 13.2 Å². The van der Waals surface area contributed by atoms with Gasteiger partial charge in [0.05, 0.1) is 6.04 Å². The summed E-state index contributed by atoms with van der Waals surface area (Å²) in [6.45, 7) is 5.18. The Kier molecular flexibility index (Phi) is 6.99. The van der Waals surface area contributed by atoms with Crippen LogP contribution in [-0.4, -0.2) is 60.1 Å². The highest BCUT2D eigenvalue weighted by atomic mass is 16.6. The summed E-state index contributed by atoms with van der Waals surface area (Å²) < 4.78 is 15.3. The summed E-state index contributed by atoms with van der Waals surface area (Å²) in [5, 5.41) is 0. The first kappa shape index (κ1) is 18.9. The van der Waals surface area contributed by atoms with E-state index in [1.165, 1.54) is 32.6 Å². The molecule has 1 saturated heterocycles. The molecule has 1 amide bonds. The van der Waals surface area contributed by atoms with Gasteiger partial charge < -0.3 is 19.1 Å². The molecule has 8 heteroatoms. The van der Waals surface area contributed by atoms with Gasteiger partial charge in [0.15, 0.2) is 0 Å². The van der Waals surface area contributed by atoms with E-state index in [9.17, 15) is 19.2 Å². The zero-order chi connectivity index (χ0) is 17.6. The Labute approximate surface area is 135 Å². The number of piperidine rings is 1. The molecule has 0 N–H and O–H groups in total. The Balaban J connectivity index is 2.95. The number of esters is 3. The smallest absolute Gasteiger partial charge is 0.302 e. The van der Waals surface area contributed by atoms with Crippen molar-refractivity contribution in [3.05, 3.63) is 0 Å². The topological polar surface area (TPSA) is 99.2 Å². The zero-order valence-corrected chi connectivity index (χ0v) is 13.9. The maximum Gasteiger partial charge on any atom is 0.302 e. The van der Waals surface area contributed by atoms with Crippen LogP contribution in [0.5, 0.6) is 0 Å². The van der Waals surface area contributed by atoms with Crippen LogP contribution in [0.15, 0.2) is 0 Å². The highest BCUT2D eigenvalue weighted by molar-refractivity contribution is 5.75. The lowest BCUT2D eigenvalue weighted by Gasteiger charge is -2.44. The van der Waals surface area contributed by atoms with Gasteiger partial charge in [-0.2, -0.15) is 0 Å². The fraction of sp³-hybridized carbons (Fsp3) is 0.733. The zero-order valence-electron chi connectivity index (χ0n) is 13.9. The standard InChI is InChI=1S/C15H23NO7/c1-9(17)16-13(7-21-10(2)18)5-6-15(23-12(4)20)14(16)8-22-11(3)19/h13-15H,5-8H2,1-4H3. The number of likely N-dealkylation sites (tertiary alicyclic amines) is 1. The number of rotatable bonds is 5. The van der Waals surface area contributed by atoms with Gasteiger partial charge in [0.2, 0.25) is 5.91 Å². The molecule has 0 aromatic rings. The first-order valence-corrected chi connectivity index (χ1v) is 7.45. The van der Waals surface area contributed by atoms with Crippen molar-refractivity contribution in [3.8, 4) is 0 Å². The minimum atomic E-state index is -0.602. The Hall–Kier alpha value is -2.12. The quantitative estimate of drug-likeness (QED) is 0.532. The number of ether oxygens (including phenoxy) is 3. The van der Waals surface area contributed by atoms with Crippen LogP contribution < -0.4 is 0 Å². The SMILES string of the molecule is CC(=O)OCC1CCC(OC(C)=O)C(COC(C)=O)N1C(C)=O. The van der Waals surface area contributed by atoms with Crippen LogP contribution >= 0.6 is 0 Å². The Morgan fingerprint density at radius 3 is 1.91 bits per heavy atom. The molecule has 0 aliphatic carbocycles. The second-order valence-electron chi connectivity index (χ2n) is 5.48. The van der Waals surface area contributed by atoms with Gasteiger partial charge in [0, 0.05) is 27.7 Å². The van der Waals surface area contributed by atoms with Crippen molar-refractivity contribution in [1.29, 1.82) is 0 Å². The monoisotopic (exact) mass is 329 g/mol. The summed E-state index contributed by atoms with van der Waals surface area (Å²) in [6, 6.07) is -0.946. The summed E-state index contributed by atoms with van der Waals surface area (Å²) in [6.07, 6.45) is 0.437. The molecule has 3 atom stereocenters. The molecule has 0 aromatic heterocycles. The number of carbonyl (C=O) groups is 4. The number of amides is 1. The summed E-state index contributed by atoms with van der Waals surface area (Å²) in [4.78, 5) is 46.9. The molecular weight excluding hydrogens is 306 g/mol. The number of carbonyl (C=O) groups excluding carboxylic acids is 4. The third-order valence-electron chi connectivity index (χ3n) is 3.58. The molecule has 0 saturated carbocycles. The Morgan fingerprint density at radius 2 is 1.43 bits per heavy atom. The maximum atomic E-state index is 12.0. The molecule has 1 rings (SSSR count). The third-order valence-corrected chi connectivity index (χ3v) is 3.58. The molecule has 23 heavy (non-hydrogen) atoms. The van der Waals surface area contributed by atoms with E-state index in [2.05, 4.69) is 0 Å². The van der Waals surface area contributed by atoms with Crippen molar-refractivity contribution in [2.24, 2.45) is 0 Å². The largest absolute Gasteiger partial charge is 0.464 e. The van der Waals surface area contributed by atoms with E-state index in [0.29, 0.717) is 12.8 Å². The van der Waals surface area contributed by atoms with Crippen molar-refractivity contribution in [3.63, 3.8) is 0 Å². The average molecular weight is 329 g/mol. The van der Waals surface area contributed by atoms with Crippen molar-refractivity contribution >= 4 is 23.8 Å². The van der Waals surface area contributed by atoms with E-state index in [1.807, 2.05) is 0 Å². The molecule has 1 aliphatic heterocycles. The van der Waals surface area contributed by atoms with E-state index < -0.39 is 30.1 Å². The van der Waals surface area contributed by atoms with Gasteiger partial charge in [-0.25, -0.2) is 0 Å². The molecule has 8 nitrogen and oxygen atoms in total. The van der Waals surface area contributed by atoms with Crippen LogP contribution in [0.2, 0.25) is 0 Å². The maximum absolute atomic E-state index is 12.0. The second kappa shape index (κ2) is 8.50. The highest BCUT2D eigenvalue weighted by Crippen LogP contribution is 2.27. The van der Waals surface area contributed by atoms with Crippen molar-refractivity contribution in [1.82, 2.24) is 4.90 Å². The first-order valence-electron chi connectivity index (χ1n) is 7.45. The Morgan fingerprint density at radius 1 is 0.870 bits per heavy atom. The molecule has 0 spiro atoms. The van der Waals surface area contributed by atoms with E-state index in [0.717, 1.165) is 0 Å². The summed E-state index contributed by atoms with van der Waals surface area (Å²) in [7, 11) is 0. The normalized spacial score (nSPS) is 23.8. The molecular formula is C15H23NO7. The number of hydrogen-bond acceptors (Lipinski definition) is 7. The molecule has 0 aromatic carbocycles. The summed E-state index contributed by atoms with van der Waals surface area (Å²) in [5.41, 5.74) is 0. The third kappa shape index (κ3) is 5.88. The second-order valence-corrected chi connectivity index (χ2v) is 5.48. The predicted octanol–water partition coefficient (Wildman–Crippen LogP) is 0.424.